The number of nitrogens with zero attached hydrogens (tertiary/aromatic N) is 1. The Kier molecular flexibility index (Phi) is 14.0. The lowest BCUT2D eigenvalue weighted by molar-refractivity contribution is -0.159. The van der Waals surface area contributed by atoms with Crippen LogP contribution in [0.2, 0.25) is 0 Å². The van der Waals surface area contributed by atoms with Gasteiger partial charge in [-0.25, -0.2) is 19.4 Å². The van der Waals surface area contributed by atoms with Crippen molar-refractivity contribution in [2.24, 2.45) is 0 Å². The van der Waals surface area contributed by atoms with Gasteiger partial charge < -0.3 is 30.2 Å². The molecule has 0 aliphatic carbocycles. The largest absolute Gasteiger partial charge is 0.460 e. The van der Waals surface area contributed by atoms with Crippen LogP contribution in [-0.4, -0.2) is 70.3 Å². The Balaban J connectivity index is 2.85. The van der Waals surface area contributed by atoms with Gasteiger partial charge in [0.25, 0.3) is 5.91 Å². The van der Waals surface area contributed by atoms with E-state index in [1.807, 2.05) is 0 Å². The van der Waals surface area contributed by atoms with Crippen LogP contribution in [0.25, 0.3) is 0 Å². The van der Waals surface area contributed by atoms with Crippen molar-refractivity contribution in [2.75, 3.05) is 6.54 Å². The highest BCUT2D eigenvalue weighted by Crippen LogP contribution is 2.15. The first kappa shape index (κ1) is 37.3. The zero-order valence-corrected chi connectivity index (χ0v) is 26.7. The first-order valence-corrected chi connectivity index (χ1v) is 14.3. The molecular weight excluding hydrogens is 563 g/mol. The summed E-state index contributed by atoms with van der Waals surface area (Å²) in [6.07, 6.45) is 1.93. The van der Waals surface area contributed by atoms with Gasteiger partial charge in [-0.15, -0.1) is 0 Å². The predicted octanol–water partition coefficient (Wildman–Crippen LogP) is 3.96. The third-order valence-electron chi connectivity index (χ3n) is 5.25. The number of esters is 3. The van der Waals surface area contributed by atoms with Gasteiger partial charge in [0.1, 0.15) is 28.9 Å². The Morgan fingerprint density at radius 3 is 1.74 bits per heavy atom. The molecule has 1 heterocycles. The number of carbonyl (C=O) groups excluding carboxylic acids is 5. The van der Waals surface area contributed by atoms with Crippen molar-refractivity contribution in [1.82, 2.24) is 20.9 Å². The van der Waals surface area contributed by atoms with Crippen LogP contribution in [-0.2, 0) is 28.6 Å². The molecule has 0 radical (unpaired) electrons. The number of nitrogens with one attached hydrogen (secondary N) is 3. The maximum atomic E-state index is 13.0. The molecule has 3 N–H and O–H groups in total. The van der Waals surface area contributed by atoms with Crippen molar-refractivity contribution >= 4 is 29.8 Å². The lowest BCUT2D eigenvalue weighted by Gasteiger charge is -2.27. The molecule has 0 spiro atoms. The molecule has 2 atom stereocenters. The smallest absolute Gasteiger partial charge is 0.329 e. The van der Waals surface area contributed by atoms with E-state index in [0.29, 0.717) is 12.8 Å². The fourth-order valence-electron chi connectivity index (χ4n) is 3.54. The monoisotopic (exact) mass is 610 g/mol. The second-order valence-corrected chi connectivity index (χ2v) is 13.0. The minimum absolute atomic E-state index is 0.0857. The Morgan fingerprint density at radius 2 is 1.28 bits per heavy atom. The summed E-state index contributed by atoms with van der Waals surface area (Å²) in [6, 6.07) is -0.685. The number of hydrogen-bond donors (Lipinski definition) is 3. The molecule has 12 nitrogen and oxygen atoms in total. The van der Waals surface area contributed by atoms with E-state index in [0.717, 1.165) is 12.3 Å². The summed E-state index contributed by atoms with van der Waals surface area (Å²) in [6.45, 7) is 15.5. The summed E-state index contributed by atoms with van der Waals surface area (Å²) in [5.41, 5.74) is -2.18. The lowest BCUT2D eigenvalue weighted by Crippen LogP contribution is -2.53. The van der Waals surface area contributed by atoms with Crippen LogP contribution in [0.3, 0.4) is 0 Å². The number of rotatable bonds is 13. The molecular formula is C30H47FN4O8. The third-order valence-corrected chi connectivity index (χ3v) is 5.25. The second-order valence-electron chi connectivity index (χ2n) is 13.0. The van der Waals surface area contributed by atoms with Crippen LogP contribution in [0, 0.1) is 5.95 Å². The van der Waals surface area contributed by atoms with E-state index in [4.69, 9.17) is 14.2 Å². The zero-order valence-electron chi connectivity index (χ0n) is 26.7. The molecule has 0 aliphatic rings. The van der Waals surface area contributed by atoms with Gasteiger partial charge in [-0.3, -0.25) is 9.59 Å². The van der Waals surface area contributed by atoms with E-state index in [1.165, 1.54) is 6.07 Å². The number of halogens is 1. The summed E-state index contributed by atoms with van der Waals surface area (Å²) in [5, 5.41) is 7.77. The maximum absolute atomic E-state index is 13.0. The molecule has 43 heavy (non-hydrogen) atoms. The van der Waals surface area contributed by atoms with Gasteiger partial charge in [-0.1, -0.05) is 0 Å². The van der Waals surface area contributed by atoms with Crippen molar-refractivity contribution in [1.29, 1.82) is 0 Å². The standard InChI is InChI=1S/C30H47FN4O8/c1-28(2,3)41-23(36)16-14-21(26(39)43-30(7,8)9)35-27(40)34-20(25(38)42-29(4,5)6)12-10-11-17-32-24(37)19-13-15-22(31)33-18-19/h13,15,18,20-21H,10-12,14,16-17H2,1-9H3,(H,32,37)(H2,34,35,40)/t20-,21-/m0/s1. The highest BCUT2D eigenvalue weighted by molar-refractivity contribution is 5.93. The fourth-order valence-corrected chi connectivity index (χ4v) is 3.54. The van der Waals surface area contributed by atoms with E-state index in [9.17, 15) is 28.4 Å². The van der Waals surface area contributed by atoms with Crippen LogP contribution >= 0.6 is 0 Å². The van der Waals surface area contributed by atoms with Crippen molar-refractivity contribution in [3.05, 3.63) is 29.8 Å². The summed E-state index contributed by atoms with van der Waals surface area (Å²) in [4.78, 5) is 66.7. The molecule has 13 heteroatoms. The molecule has 1 aromatic rings. The first-order chi connectivity index (χ1) is 19.6. The molecule has 0 aliphatic heterocycles. The van der Waals surface area contributed by atoms with Gasteiger partial charge >= 0.3 is 23.9 Å². The van der Waals surface area contributed by atoms with Crippen molar-refractivity contribution < 1.29 is 42.6 Å². The normalized spacial score (nSPS) is 13.3. The van der Waals surface area contributed by atoms with Gasteiger partial charge in [0, 0.05) is 19.2 Å². The second kappa shape index (κ2) is 16.2. The molecule has 0 aromatic carbocycles. The number of unbranched alkanes of at least 4 members (excludes halogenated alkanes) is 1. The molecule has 0 saturated carbocycles. The average Bonchev–Trinajstić information content (AvgIpc) is 2.82. The van der Waals surface area contributed by atoms with Crippen LogP contribution in [0.15, 0.2) is 18.3 Å². The molecule has 242 valence electrons. The van der Waals surface area contributed by atoms with Gasteiger partial charge in [0.2, 0.25) is 5.95 Å². The summed E-state index contributed by atoms with van der Waals surface area (Å²) in [5.74, 6) is -3.08. The van der Waals surface area contributed by atoms with Crippen LogP contribution in [0.1, 0.15) is 105 Å². The summed E-state index contributed by atoms with van der Waals surface area (Å²) in [7, 11) is 0. The molecule has 1 aromatic heterocycles. The van der Waals surface area contributed by atoms with Crippen molar-refractivity contribution in [3.8, 4) is 0 Å². The quantitative estimate of drug-likeness (QED) is 0.130. The van der Waals surface area contributed by atoms with Crippen LogP contribution in [0.5, 0.6) is 0 Å². The molecule has 0 unspecified atom stereocenters. The zero-order chi connectivity index (χ0) is 33.0. The third kappa shape index (κ3) is 17.1. The number of pyridine rings is 1. The first-order valence-electron chi connectivity index (χ1n) is 14.3. The molecule has 0 saturated heterocycles. The Hall–Kier alpha value is -3.77. The number of aromatic nitrogens is 1. The van der Waals surface area contributed by atoms with Crippen molar-refractivity contribution in [2.45, 2.75) is 123 Å². The molecule has 0 bridgehead atoms. The van der Waals surface area contributed by atoms with E-state index >= 15 is 0 Å². The lowest BCUT2D eigenvalue weighted by atomic mass is 10.1. The molecule has 0 fully saturated rings. The molecule has 3 amide bonds. The topological polar surface area (TPSA) is 162 Å². The van der Waals surface area contributed by atoms with Gasteiger partial charge in [-0.2, -0.15) is 4.39 Å². The number of hydrogen-bond acceptors (Lipinski definition) is 9. The fraction of sp³-hybridized carbons (Fsp3) is 0.667. The van der Waals surface area contributed by atoms with Gasteiger partial charge in [0.05, 0.1) is 5.56 Å². The highest BCUT2D eigenvalue weighted by Gasteiger charge is 2.31. The summed E-state index contributed by atoms with van der Waals surface area (Å²) < 4.78 is 29.2. The van der Waals surface area contributed by atoms with E-state index in [2.05, 4.69) is 20.9 Å². The SMILES string of the molecule is CC(C)(C)OC(=O)CC[C@H](NC(=O)N[C@@H](CCCCNC(=O)c1ccc(F)nc1)C(=O)OC(C)(C)C)C(=O)OC(C)(C)C. The Morgan fingerprint density at radius 1 is 0.767 bits per heavy atom. The number of amides is 3. The van der Waals surface area contributed by atoms with E-state index in [1.54, 1.807) is 62.3 Å². The minimum atomic E-state index is -1.19. The van der Waals surface area contributed by atoms with E-state index in [-0.39, 0.29) is 31.4 Å². The van der Waals surface area contributed by atoms with Gasteiger partial charge in [0.15, 0.2) is 0 Å². The number of ether oxygens (including phenoxy) is 3. The number of carbonyl (C=O) groups is 5. The maximum Gasteiger partial charge on any atom is 0.329 e. The van der Waals surface area contributed by atoms with E-state index < -0.39 is 64.7 Å². The predicted molar refractivity (Wildman–Crippen MR) is 156 cm³/mol. The summed E-state index contributed by atoms with van der Waals surface area (Å²) >= 11 is 0. The van der Waals surface area contributed by atoms with Crippen LogP contribution < -0.4 is 16.0 Å². The van der Waals surface area contributed by atoms with Crippen molar-refractivity contribution in [3.63, 3.8) is 0 Å². The highest BCUT2D eigenvalue weighted by atomic mass is 19.1. The van der Waals surface area contributed by atoms with Gasteiger partial charge in [-0.05, 0) is 100 Å². The Bertz CT molecular complexity index is 1110. The Labute approximate surface area is 253 Å². The van der Waals surface area contributed by atoms with Crippen LogP contribution in [0.4, 0.5) is 9.18 Å². The molecule has 1 rings (SSSR count). The minimum Gasteiger partial charge on any atom is -0.460 e. The average molecular weight is 611 g/mol. The number of urea groups is 1.